The van der Waals surface area contributed by atoms with E-state index in [1.807, 2.05) is 0 Å². The van der Waals surface area contributed by atoms with Gasteiger partial charge in [-0.2, -0.15) is 0 Å². The maximum Gasteiger partial charge on any atom is 0.0235 e. The van der Waals surface area contributed by atoms with E-state index >= 15 is 0 Å². The number of nitrogens with zero attached hydrogens (tertiary/aromatic N) is 1. The quantitative estimate of drug-likeness (QED) is 0.889. The number of piperidine rings is 1. The zero-order valence-electron chi connectivity index (χ0n) is 13.2. The van der Waals surface area contributed by atoms with Crippen LogP contribution in [0.1, 0.15) is 44.7 Å². The molecule has 2 heterocycles. The Morgan fingerprint density at radius 3 is 2.55 bits per heavy atom. The molecule has 0 bridgehead atoms. The second-order valence-electron chi connectivity index (χ2n) is 7.60. The van der Waals surface area contributed by atoms with Gasteiger partial charge in [-0.25, -0.2) is 0 Å². The number of hydrogen-bond donors (Lipinski definition) is 1. The number of nitrogens with one attached hydrogen (secondary N) is 1. The SMILES string of the molecule is CC(C)(C)c1ccc(CN2C[C@@H]3CCCN[C@@H]3C2)cc1. The average Bonchev–Trinajstić information content (AvgIpc) is 2.80. The van der Waals surface area contributed by atoms with Gasteiger partial charge < -0.3 is 5.32 Å². The summed E-state index contributed by atoms with van der Waals surface area (Å²) in [4.78, 5) is 2.62. The van der Waals surface area contributed by atoms with Crippen LogP contribution in [0.4, 0.5) is 0 Å². The molecule has 2 aliphatic rings. The van der Waals surface area contributed by atoms with Crippen molar-refractivity contribution in [3.05, 3.63) is 35.4 Å². The Kier molecular flexibility index (Phi) is 3.87. The summed E-state index contributed by atoms with van der Waals surface area (Å²) >= 11 is 0. The van der Waals surface area contributed by atoms with E-state index in [1.165, 1.54) is 43.6 Å². The van der Waals surface area contributed by atoms with Gasteiger partial charge in [0.2, 0.25) is 0 Å². The fourth-order valence-corrected chi connectivity index (χ4v) is 3.63. The molecule has 2 saturated heterocycles. The van der Waals surface area contributed by atoms with Gasteiger partial charge in [0.05, 0.1) is 0 Å². The van der Waals surface area contributed by atoms with Gasteiger partial charge in [0, 0.05) is 25.7 Å². The molecular weight excluding hydrogens is 244 g/mol. The van der Waals surface area contributed by atoms with Crippen LogP contribution in [0.15, 0.2) is 24.3 Å². The van der Waals surface area contributed by atoms with Crippen molar-refractivity contribution < 1.29 is 0 Å². The summed E-state index contributed by atoms with van der Waals surface area (Å²) in [6.45, 7) is 11.7. The molecule has 1 N–H and O–H groups in total. The summed E-state index contributed by atoms with van der Waals surface area (Å²) in [5.41, 5.74) is 3.14. The van der Waals surface area contributed by atoms with Crippen molar-refractivity contribution in [3.63, 3.8) is 0 Å². The highest BCUT2D eigenvalue weighted by molar-refractivity contribution is 5.27. The van der Waals surface area contributed by atoms with Crippen LogP contribution in [0.3, 0.4) is 0 Å². The lowest BCUT2D eigenvalue weighted by Gasteiger charge is -2.24. The summed E-state index contributed by atoms with van der Waals surface area (Å²) in [6.07, 6.45) is 2.77. The first-order chi connectivity index (χ1) is 9.52. The topological polar surface area (TPSA) is 15.3 Å². The number of hydrogen-bond acceptors (Lipinski definition) is 2. The van der Waals surface area contributed by atoms with Gasteiger partial charge in [0.15, 0.2) is 0 Å². The third-order valence-electron chi connectivity index (χ3n) is 4.90. The highest BCUT2D eigenvalue weighted by Gasteiger charge is 2.33. The molecule has 20 heavy (non-hydrogen) atoms. The van der Waals surface area contributed by atoms with Gasteiger partial charge >= 0.3 is 0 Å². The first-order valence-corrected chi connectivity index (χ1v) is 8.07. The fourth-order valence-electron chi connectivity index (χ4n) is 3.63. The molecule has 3 rings (SSSR count). The molecule has 0 unspecified atom stereocenters. The monoisotopic (exact) mass is 272 g/mol. The molecule has 1 aromatic rings. The number of fused-ring (bicyclic) bond motifs is 1. The van der Waals surface area contributed by atoms with Crippen LogP contribution >= 0.6 is 0 Å². The predicted molar refractivity (Wildman–Crippen MR) is 84.9 cm³/mol. The Morgan fingerprint density at radius 2 is 1.90 bits per heavy atom. The van der Waals surface area contributed by atoms with Crippen molar-refractivity contribution in [1.29, 1.82) is 0 Å². The molecule has 110 valence electrons. The van der Waals surface area contributed by atoms with Crippen LogP contribution in [0, 0.1) is 5.92 Å². The molecule has 2 fully saturated rings. The highest BCUT2D eigenvalue weighted by atomic mass is 15.2. The zero-order chi connectivity index (χ0) is 14.2. The second-order valence-corrected chi connectivity index (χ2v) is 7.60. The van der Waals surface area contributed by atoms with E-state index in [0.29, 0.717) is 0 Å². The van der Waals surface area contributed by atoms with E-state index in [4.69, 9.17) is 0 Å². The number of rotatable bonds is 2. The zero-order valence-corrected chi connectivity index (χ0v) is 13.2. The minimum Gasteiger partial charge on any atom is -0.312 e. The van der Waals surface area contributed by atoms with Gasteiger partial charge in [0.25, 0.3) is 0 Å². The Balaban J connectivity index is 1.61. The van der Waals surface area contributed by atoms with Gasteiger partial charge in [0.1, 0.15) is 0 Å². The molecule has 0 aromatic heterocycles. The second kappa shape index (κ2) is 5.50. The van der Waals surface area contributed by atoms with Crippen LogP contribution in [-0.4, -0.2) is 30.6 Å². The molecule has 2 aliphatic heterocycles. The summed E-state index contributed by atoms with van der Waals surface area (Å²) in [5.74, 6) is 0.887. The smallest absolute Gasteiger partial charge is 0.0235 e. The van der Waals surface area contributed by atoms with Crippen molar-refractivity contribution in [3.8, 4) is 0 Å². The van der Waals surface area contributed by atoms with Crippen molar-refractivity contribution in [2.75, 3.05) is 19.6 Å². The van der Waals surface area contributed by atoms with Crippen LogP contribution in [-0.2, 0) is 12.0 Å². The van der Waals surface area contributed by atoms with Crippen molar-refractivity contribution in [2.45, 2.75) is 51.6 Å². The third-order valence-corrected chi connectivity index (χ3v) is 4.90. The lowest BCUT2D eigenvalue weighted by Crippen LogP contribution is -2.40. The minimum absolute atomic E-state index is 0.255. The Hall–Kier alpha value is -0.860. The van der Waals surface area contributed by atoms with Crippen molar-refractivity contribution in [1.82, 2.24) is 10.2 Å². The highest BCUT2D eigenvalue weighted by Crippen LogP contribution is 2.27. The van der Waals surface area contributed by atoms with Crippen molar-refractivity contribution >= 4 is 0 Å². The third kappa shape index (κ3) is 3.07. The van der Waals surface area contributed by atoms with E-state index < -0.39 is 0 Å². The summed E-state index contributed by atoms with van der Waals surface area (Å²) in [5, 5.41) is 3.68. The fraction of sp³-hybridized carbons (Fsp3) is 0.667. The van der Waals surface area contributed by atoms with Gasteiger partial charge in [-0.05, 0) is 41.8 Å². The Morgan fingerprint density at radius 1 is 1.15 bits per heavy atom. The maximum atomic E-state index is 3.68. The maximum absolute atomic E-state index is 3.68. The van der Waals surface area contributed by atoms with Crippen LogP contribution in [0.5, 0.6) is 0 Å². The molecule has 0 spiro atoms. The molecule has 1 aromatic carbocycles. The molecule has 0 amide bonds. The number of benzene rings is 1. The standard InChI is InChI=1S/C18H28N2/c1-18(2,3)16-8-6-14(7-9-16)11-20-12-15-5-4-10-19-17(15)13-20/h6-9,15,17,19H,4-5,10-13H2,1-3H3/t15-,17+/m0/s1. The first kappa shape index (κ1) is 14.1. The summed E-state index contributed by atoms with van der Waals surface area (Å²) in [7, 11) is 0. The molecule has 2 atom stereocenters. The Labute approximate surface area is 123 Å². The minimum atomic E-state index is 0.255. The van der Waals surface area contributed by atoms with Gasteiger partial charge in [-0.3, -0.25) is 4.90 Å². The van der Waals surface area contributed by atoms with Gasteiger partial charge in [-0.1, -0.05) is 45.0 Å². The van der Waals surface area contributed by atoms with E-state index in [-0.39, 0.29) is 5.41 Å². The van der Waals surface area contributed by atoms with E-state index in [2.05, 4.69) is 55.3 Å². The Bertz CT molecular complexity index is 429. The summed E-state index contributed by atoms with van der Waals surface area (Å²) in [6, 6.07) is 9.98. The molecule has 2 nitrogen and oxygen atoms in total. The molecule has 0 radical (unpaired) electrons. The summed E-state index contributed by atoms with van der Waals surface area (Å²) < 4.78 is 0. The van der Waals surface area contributed by atoms with Crippen LogP contribution < -0.4 is 5.32 Å². The van der Waals surface area contributed by atoms with Crippen molar-refractivity contribution in [2.24, 2.45) is 5.92 Å². The normalized spacial score (nSPS) is 27.6. The average molecular weight is 272 g/mol. The molecule has 2 heteroatoms. The largest absolute Gasteiger partial charge is 0.312 e. The van der Waals surface area contributed by atoms with E-state index in [0.717, 1.165) is 18.5 Å². The van der Waals surface area contributed by atoms with E-state index in [9.17, 15) is 0 Å². The van der Waals surface area contributed by atoms with Crippen LogP contribution in [0.25, 0.3) is 0 Å². The lowest BCUT2D eigenvalue weighted by molar-refractivity contribution is 0.312. The molecule has 0 aliphatic carbocycles. The lowest BCUT2D eigenvalue weighted by atomic mass is 9.87. The molecule has 0 saturated carbocycles. The molecular formula is C18H28N2. The van der Waals surface area contributed by atoms with Gasteiger partial charge in [-0.15, -0.1) is 0 Å². The van der Waals surface area contributed by atoms with Crippen LogP contribution in [0.2, 0.25) is 0 Å². The first-order valence-electron chi connectivity index (χ1n) is 8.07. The predicted octanol–water partition coefficient (Wildman–Crippen LogP) is 3.17. The number of likely N-dealkylation sites (tertiary alicyclic amines) is 1. The van der Waals surface area contributed by atoms with E-state index in [1.54, 1.807) is 0 Å².